The zero-order valence-corrected chi connectivity index (χ0v) is 16.0. The van der Waals surface area contributed by atoms with Crippen LogP contribution in [0.5, 0.6) is 11.5 Å². The number of nitrogens with zero attached hydrogens (tertiary/aromatic N) is 1. The van der Waals surface area contributed by atoms with Crippen LogP contribution in [0.2, 0.25) is 0 Å². The van der Waals surface area contributed by atoms with E-state index in [1.807, 2.05) is 0 Å². The summed E-state index contributed by atoms with van der Waals surface area (Å²) in [6.07, 6.45) is 19.0. The highest BCUT2D eigenvalue weighted by Gasteiger charge is 2.39. The number of ether oxygens (including phenoxy) is 2. The maximum atomic E-state index is 5.55. The van der Waals surface area contributed by atoms with Gasteiger partial charge in [0, 0.05) is 12.1 Å². The number of fused-ring (bicyclic) bond motifs is 1. The van der Waals surface area contributed by atoms with E-state index >= 15 is 0 Å². The van der Waals surface area contributed by atoms with Crippen LogP contribution in [0.3, 0.4) is 0 Å². The number of hydrogen-bond acceptors (Lipinski definition) is 3. The van der Waals surface area contributed by atoms with Crippen LogP contribution in [-0.4, -0.2) is 37.7 Å². The number of allylic oxidation sites excluding steroid dienone is 2. The van der Waals surface area contributed by atoms with Crippen LogP contribution in [0.25, 0.3) is 6.08 Å². The van der Waals surface area contributed by atoms with E-state index in [0.717, 1.165) is 24.5 Å². The number of likely N-dealkylation sites (tertiary alicyclic amines) is 1. The van der Waals surface area contributed by atoms with E-state index in [-0.39, 0.29) is 5.54 Å². The molecule has 3 aliphatic rings. The van der Waals surface area contributed by atoms with Crippen molar-refractivity contribution in [2.75, 3.05) is 27.3 Å². The van der Waals surface area contributed by atoms with E-state index in [4.69, 9.17) is 9.47 Å². The Morgan fingerprint density at radius 1 is 1.04 bits per heavy atom. The summed E-state index contributed by atoms with van der Waals surface area (Å²) in [4.78, 5) is 2.70. The summed E-state index contributed by atoms with van der Waals surface area (Å²) in [6, 6.07) is 4.28. The Labute approximate surface area is 157 Å². The fourth-order valence-corrected chi connectivity index (χ4v) is 4.62. The van der Waals surface area contributed by atoms with Gasteiger partial charge in [-0.05, 0) is 67.5 Å². The minimum Gasteiger partial charge on any atom is -0.493 e. The van der Waals surface area contributed by atoms with E-state index in [9.17, 15) is 0 Å². The predicted molar refractivity (Wildman–Crippen MR) is 107 cm³/mol. The third kappa shape index (κ3) is 3.21. The lowest BCUT2D eigenvalue weighted by Gasteiger charge is -2.48. The van der Waals surface area contributed by atoms with Crippen LogP contribution in [0, 0.1) is 0 Å². The first-order valence-electron chi connectivity index (χ1n) is 9.79. The van der Waals surface area contributed by atoms with Crippen LogP contribution in [-0.2, 0) is 6.42 Å². The van der Waals surface area contributed by atoms with E-state index in [0.29, 0.717) is 0 Å². The largest absolute Gasteiger partial charge is 0.493 e. The van der Waals surface area contributed by atoms with Crippen molar-refractivity contribution in [2.24, 2.45) is 0 Å². The molecule has 0 aromatic heterocycles. The summed E-state index contributed by atoms with van der Waals surface area (Å²) >= 11 is 0. The van der Waals surface area contributed by atoms with Gasteiger partial charge in [0.25, 0.3) is 0 Å². The van der Waals surface area contributed by atoms with Crippen LogP contribution in [0.1, 0.15) is 43.2 Å². The number of methoxy groups -OCH3 is 2. The van der Waals surface area contributed by atoms with Gasteiger partial charge in [0.1, 0.15) is 0 Å². The zero-order valence-electron chi connectivity index (χ0n) is 16.0. The standard InChI is InChI=1S/C23H29NO2/c1-25-21-14-19-10-12-23(16-20(19)15-22(21)26-2)11-6-7-13-24(23)17-18-8-4-3-5-9-18/h4,8-10,12,14-15H,3,5-7,11,13,16-17H2,1-2H3. The molecule has 3 nitrogen and oxygen atoms in total. The smallest absolute Gasteiger partial charge is 0.161 e. The van der Waals surface area contributed by atoms with Crippen molar-refractivity contribution in [1.29, 1.82) is 0 Å². The normalized spacial score (nSPS) is 25.1. The first-order chi connectivity index (χ1) is 12.7. The Morgan fingerprint density at radius 2 is 1.88 bits per heavy atom. The Hall–Kier alpha value is -2.00. The average Bonchev–Trinajstić information content (AvgIpc) is 2.69. The summed E-state index contributed by atoms with van der Waals surface area (Å²) in [6.45, 7) is 2.24. The number of benzene rings is 1. The van der Waals surface area contributed by atoms with Gasteiger partial charge in [-0.3, -0.25) is 4.90 Å². The van der Waals surface area contributed by atoms with E-state index in [1.165, 1.54) is 55.3 Å². The van der Waals surface area contributed by atoms with Crippen molar-refractivity contribution < 1.29 is 9.47 Å². The third-order valence-electron chi connectivity index (χ3n) is 6.08. The molecule has 138 valence electrons. The maximum absolute atomic E-state index is 5.55. The molecular weight excluding hydrogens is 322 g/mol. The minimum atomic E-state index is 0.136. The van der Waals surface area contributed by atoms with Gasteiger partial charge in [0.05, 0.1) is 14.2 Å². The first-order valence-corrected chi connectivity index (χ1v) is 9.79. The highest BCUT2D eigenvalue weighted by Crippen LogP contribution is 2.41. The van der Waals surface area contributed by atoms with Gasteiger partial charge in [-0.2, -0.15) is 0 Å². The van der Waals surface area contributed by atoms with Crippen LogP contribution >= 0.6 is 0 Å². The van der Waals surface area contributed by atoms with E-state index < -0.39 is 0 Å². The van der Waals surface area contributed by atoms with Crippen LogP contribution in [0.15, 0.2) is 42.0 Å². The molecule has 1 aromatic rings. The fourth-order valence-electron chi connectivity index (χ4n) is 4.62. The van der Waals surface area contributed by atoms with Crippen molar-refractivity contribution >= 4 is 6.08 Å². The van der Waals surface area contributed by atoms with Crippen LogP contribution < -0.4 is 9.47 Å². The van der Waals surface area contributed by atoms with Gasteiger partial charge in [0.2, 0.25) is 0 Å². The number of rotatable bonds is 4. The molecule has 0 radical (unpaired) electrons. The molecule has 1 aliphatic heterocycles. The topological polar surface area (TPSA) is 21.7 Å². The molecule has 1 aromatic carbocycles. The Morgan fingerprint density at radius 3 is 2.65 bits per heavy atom. The molecule has 1 heterocycles. The van der Waals surface area contributed by atoms with Gasteiger partial charge in [-0.15, -0.1) is 0 Å². The molecule has 0 bridgehead atoms. The fraction of sp³-hybridized carbons (Fsp3) is 0.478. The predicted octanol–water partition coefficient (Wildman–Crippen LogP) is 4.77. The molecule has 4 rings (SSSR count). The lowest BCUT2D eigenvalue weighted by Crippen LogP contribution is -2.53. The number of piperidine rings is 1. The average molecular weight is 351 g/mol. The van der Waals surface area contributed by atoms with E-state index in [2.05, 4.69) is 47.4 Å². The SMILES string of the molecule is COc1cc2c(cc1OC)CC1(C=C2)CCCCN1CC1=CCCC=C1. The molecule has 1 spiro atoms. The molecule has 1 atom stereocenters. The lowest BCUT2D eigenvalue weighted by molar-refractivity contribution is 0.0964. The highest BCUT2D eigenvalue weighted by atomic mass is 16.5. The Balaban J connectivity index is 1.64. The van der Waals surface area contributed by atoms with Crippen molar-refractivity contribution in [2.45, 2.75) is 44.1 Å². The molecule has 0 N–H and O–H groups in total. The Bertz CT molecular complexity index is 762. The molecule has 1 saturated heterocycles. The van der Waals surface area contributed by atoms with E-state index in [1.54, 1.807) is 14.2 Å². The lowest BCUT2D eigenvalue weighted by atomic mass is 9.76. The zero-order chi connectivity index (χ0) is 18.0. The molecule has 2 aliphatic carbocycles. The molecule has 0 amide bonds. The van der Waals surface area contributed by atoms with Crippen molar-refractivity contribution in [3.05, 3.63) is 53.1 Å². The minimum absolute atomic E-state index is 0.136. The highest BCUT2D eigenvalue weighted by molar-refractivity contribution is 5.64. The van der Waals surface area contributed by atoms with Gasteiger partial charge in [-0.1, -0.05) is 36.8 Å². The van der Waals surface area contributed by atoms with Crippen molar-refractivity contribution in [3.8, 4) is 11.5 Å². The summed E-state index contributed by atoms with van der Waals surface area (Å²) in [5.74, 6) is 1.64. The second kappa shape index (κ2) is 7.32. The molecule has 1 unspecified atom stereocenters. The summed E-state index contributed by atoms with van der Waals surface area (Å²) in [7, 11) is 3.42. The molecular formula is C23H29NO2. The summed E-state index contributed by atoms with van der Waals surface area (Å²) < 4.78 is 11.0. The van der Waals surface area contributed by atoms with Gasteiger partial charge in [-0.25, -0.2) is 0 Å². The second-order valence-corrected chi connectivity index (χ2v) is 7.66. The molecule has 1 fully saturated rings. The first kappa shape index (κ1) is 17.4. The van der Waals surface area contributed by atoms with Gasteiger partial charge < -0.3 is 9.47 Å². The molecule has 0 saturated carbocycles. The number of hydrogen-bond donors (Lipinski definition) is 0. The van der Waals surface area contributed by atoms with Crippen molar-refractivity contribution in [3.63, 3.8) is 0 Å². The third-order valence-corrected chi connectivity index (χ3v) is 6.08. The molecule has 3 heteroatoms. The maximum Gasteiger partial charge on any atom is 0.161 e. The molecule has 26 heavy (non-hydrogen) atoms. The second-order valence-electron chi connectivity index (χ2n) is 7.66. The Kier molecular flexibility index (Phi) is 4.90. The monoisotopic (exact) mass is 351 g/mol. The van der Waals surface area contributed by atoms with Crippen LogP contribution in [0.4, 0.5) is 0 Å². The quantitative estimate of drug-likeness (QED) is 0.780. The van der Waals surface area contributed by atoms with Gasteiger partial charge >= 0.3 is 0 Å². The van der Waals surface area contributed by atoms with Gasteiger partial charge in [0.15, 0.2) is 11.5 Å². The summed E-state index contributed by atoms with van der Waals surface area (Å²) in [5, 5.41) is 0. The van der Waals surface area contributed by atoms with Crippen molar-refractivity contribution in [1.82, 2.24) is 4.90 Å². The summed E-state index contributed by atoms with van der Waals surface area (Å²) in [5.41, 5.74) is 4.24.